The molecular formula is C17H15N5O. The molecule has 23 heavy (non-hydrogen) atoms. The van der Waals surface area contributed by atoms with Crippen molar-refractivity contribution in [2.45, 2.75) is 19.3 Å². The van der Waals surface area contributed by atoms with Crippen LogP contribution in [0.3, 0.4) is 0 Å². The monoisotopic (exact) mass is 305 g/mol. The van der Waals surface area contributed by atoms with Gasteiger partial charge in [0.1, 0.15) is 6.33 Å². The third-order valence-electron chi connectivity index (χ3n) is 4.08. The van der Waals surface area contributed by atoms with E-state index in [1.807, 2.05) is 18.2 Å². The number of benzene rings is 2. The van der Waals surface area contributed by atoms with Gasteiger partial charge >= 0.3 is 0 Å². The standard InChI is InChI=1S/C17H15N5O/c23-17(19-15-8-7-12-3-1-4-13(12)9-15)14-5-2-6-16(10-14)22-11-18-20-21-22/h2,5-11H,1,3-4H2,(H,19,23). The van der Waals surface area contributed by atoms with Crippen LogP contribution in [0, 0.1) is 0 Å². The molecule has 1 heterocycles. The second-order valence-corrected chi connectivity index (χ2v) is 5.60. The van der Waals surface area contributed by atoms with Gasteiger partial charge in [-0.25, -0.2) is 4.68 Å². The molecule has 0 fully saturated rings. The maximum absolute atomic E-state index is 12.5. The molecule has 0 unspecified atom stereocenters. The van der Waals surface area contributed by atoms with E-state index in [0.717, 1.165) is 24.2 Å². The highest BCUT2D eigenvalue weighted by Crippen LogP contribution is 2.25. The van der Waals surface area contributed by atoms with Gasteiger partial charge in [0.15, 0.2) is 0 Å². The van der Waals surface area contributed by atoms with Crippen molar-refractivity contribution in [2.75, 3.05) is 5.32 Å². The molecule has 6 heteroatoms. The summed E-state index contributed by atoms with van der Waals surface area (Å²) in [6.07, 6.45) is 4.92. The minimum Gasteiger partial charge on any atom is -0.322 e. The van der Waals surface area contributed by atoms with Gasteiger partial charge in [-0.1, -0.05) is 12.1 Å². The summed E-state index contributed by atoms with van der Waals surface area (Å²) in [7, 11) is 0. The summed E-state index contributed by atoms with van der Waals surface area (Å²) in [5, 5.41) is 14.0. The van der Waals surface area contributed by atoms with Crippen LogP contribution in [0.25, 0.3) is 5.69 Å². The van der Waals surface area contributed by atoms with Crippen LogP contribution in [0.4, 0.5) is 5.69 Å². The van der Waals surface area contributed by atoms with Crippen LogP contribution in [0.1, 0.15) is 27.9 Å². The van der Waals surface area contributed by atoms with Gasteiger partial charge in [-0.15, -0.1) is 5.10 Å². The molecule has 3 aromatic rings. The first-order valence-electron chi connectivity index (χ1n) is 7.56. The largest absolute Gasteiger partial charge is 0.322 e. The Labute approximate surface area is 133 Å². The van der Waals surface area contributed by atoms with Gasteiger partial charge in [-0.05, 0) is 71.1 Å². The maximum Gasteiger partial charge on any atom is 0.255 e. The number of hydrogen-bond acceptors (Lipinski definition) is 4. The van der Waals surface area contributed by atoms with Crippen LogP contribution < -0.4 is 5.32 Å². The molecule has 1 amide bonds. The Kier molecular flexibility index (Phi) is 3.34. The number of nitrogens with zero attached hydrogens (tertiary/aromatic N) is 4. The summed E-state index contributed by atoms with van der Waals surface area (Å²) < 4.78 is 1.52. The zero-order valence-electron chi connectivity index (χ0n) is 12.4. The Morgan fingerprint density at radius 1 is 1.09 bits per heavy atom. The second kappa shape index (κ2) is 5.64. The minimum absolute atomic E-state index is 0.141. The molecule has 0 spiro atoms. The Morgan fingerprint density at radius 3 is 2.87 bits per heavy atom. The van der Waals surface area contributed by atoms with Gasteiger partial charge in [-0.2, -0.15) is 0 Å². The average molecular weight is 305 g/mol. The maximum atomic E-state index is 12.5. The number of rotatable bonds is 3. The highest BCUT2D eigenvalue weighted by Gasteiger charge is 2.13. The van der Waals surface area contributed by atoms with Gasteiger partial charge in [0.25, 0.3) is 5.91 Å². The molecule has 1 aliphatic carbocycles. The quantitative estimate of drug-likeness (QED) is 0.806. The van der Waals surface area contributed by atoms with Crippen molar-refractivity contribution >= 4 is 11.6 Å². The van der Waals surface area contributed by atoms with Crippen molar-refractivity contribution in [2.24, 2.45) is 0 Å². The average Bonchev–Trinajstić information content (AvgIpc) is 3.26. The lowest BCUT2D eigenvalue weighted by atomic mass is 10.1. The van der Waals surface area contributed by atoms with Crippen LogP contribution in [0.5, 0.6) is 0 Å². The number of carbonyl (C=O) groups is 1. The lowest BCUT2D eigenvalue weighted by Crippen LogP contribution is -2.12. The molecule has 0 saturated carbocycles. The third kappa shape index (κ3) is 2.70. The van der Waals surface area contributed by atoms with Crippen molar-refractivity contribution in [1.29, 1.82) is 0 Å². The first-order chi connectivity index (χ1) is 11.3. The van der Waals surface area contributed by atoms with Gasteiger partial charge < -0.3 is 5.32 Å². The molecule has 0 aliphatic heterocycles. The van der Waals surface area contributed by atoms with E-state index in [1.54, 1.807) is 12.1 Å². The Hall–Kier alpha value is -3.02. The smallest absolute Gasteiger partial charge is 0.255 e. The van der Waals surface area contributed by atoms with Crippen LogP contribution in [0.15, 0.2) is 48.8 Å². The molecule has 0 radical (unpaired) electrons. The Morgan fingerprint density at radius 2 is 2.00 bits per heavy atom. The van der Waals surface area contributed by atoms with E-state index < -0.39 is 0 Å². The SMILES string of the molecule is O=C(Nc1ccc2c(c1)CCC2)c1cccc(-n2cnnn2)c1. The van der Waals surface area contributed by atoms with Gasteiger partial charge in [0.2, 0.25) is 0 Å². The first kappa shape index (κ1) is 13.6. The van der Waals surface area contributed by atoms with Crippen LogP contribution in [-0.4, -0.2) is 26.1 Å². The molecule has 1 N–H and O–H groups in total. The van der Waals surface area contributed by atoms with Gasteiger partial charge in [0, 0.05) is 11.3 Å². The predicted octanol–water partition coefficient (Wildman–Crippen LogP) is 2.40. The summed E-state index contributed by atoms with van der Waals surface area (Å²) in [5.74, 6) is -0.141. The molecule has 1 aromatic heterocycles. The summed E-state index contributed by atoms with van der Waals surface area (Å²) in [5.41, 5.74) is 4.88. The summed E-state index contributed by atoms with van der Waals surface area (Å²) in [6.45, 7) is 0. The molecule has 6 nitrogen and oxygen atoms in total. The normalized spacial score (nSPS) is 12.9. The number of aryl methyl sites for hydroxylation is 2. The number of fused-ring (bicyclic) bond motifs is 1. The second-order valence-electron chi connectivity index (χ2n) is 5.60. The van der Waals surface area contributed by atoms with Gasteiger partial charge in [-0.3, -0.25) is 4.79 Å². The molecule has 0 bridgehead atoms. The number of hydrogen-bond donors (Lipinski definition) is 1. The number of tetrazole rings is 1. The number of nitrogens with one attached hydrogen (secondary N) is 1. The Balaban J connectivity index is 1.56. The van der Waals surface area contributed by atoms with Crippen LogP contribution in [0.2, 0.25) is 0 Å². The van der Waals surface area contributed by atoms with E-state index in [9.17, 15) is 4.79 Å². The van der Waals surface area contributed by atoms with E-state index in [1.165, 1.54) is 28.6 Å². The lowest BCUT2D eigenvalue weighted by Gasteiger charge is -2.08. The topological polar surface area (TPSA) is 72.7 Å². The minimum atomic E-state index is -0.141. The van der Waals surface area contributed by atoms with Gasteiger partial charge in [0.05, 0.1) is 5.69 Å². The molecule has 0 atom stereocenters. The molecule has 0 saturated heterocycles. The van der Waals surface area contributed by atoms with Crippen molar-refractivity contribution < 1.29 is 4.79 Å². The zero-order chi connectivity index (χ0) is 15.6. The molecule has 2 aromatic carbocycles. The summed E-state index contributed by atoms with van der Waals surface area (Å²) in [4.78, 5) is 12.5. The van der Waals surface area contributed by atoms with Crippen LogP contribution >= 0.6 is 0 Å². The zero-order valence-corrected chi connectivity index (χ0v) is 12.4. The van der Waals surface area contributed by atoms with Crippen molar-refractivity contribution in [3.8, 4) is 5.69 Å². The fourth-order valence-electron chi connectivity index (χ4n) is 2.92. The fraction of sp³-hybridized carbons (Fsp3) is 0.176. The van der Waals surface area contributed by atoms with E-state index in [2.05, 4.69) is 33.0 Å². The molecule has 4 rings (SSSR count). The number of carbonyl (C=O) groups excluding carboxylic acids is 1. The van der Waals surface area contributed by atoms with E-state index in [-0.39, 0.29) is 5.91 Å². The number of anilines is 1. The number of aromatic nitrogens is 4. The lowest BCUT2D eigenvalue weighted by molar-refractivity contribution is 0.102. The van der Waals surface area contributed by atoms with Crippen molar-refractivity contribution in [1.82, 2.24) is 20.2 Å². The molecule has 114 valence electrons. The predicted molar refractivity (Wildman–Crippen MR) is 85.6 cm³/mol. The van der Waals surface area contributed by atoms with E-state index in [4.69, 9.17) is 0 Å². The fourth-order valence-corrected chi connectivity index (χ4v) is 2.92. The van der Waals surface area contributed by atoms with E-state index >= 15 is 0 Å². The van der Waals surface area contributed by atoms with E-state index in [0.29, 0.717) is 5.56 Å². The Bertz CT molecular complexity index is 857. The summed E-state index contributed by atoms with van der Waals surface area (Å²) in [6, 6.07) is 13.3. The molecule has 1 aliphatic rings. The van der Waals surface area contributed by atoms with Crippen molar-refractivity contribution in [3.63, 3.8) is 0 Å². The van der Waals surface area contributed by atoms with Crippen molar-refractivity contribution in [3.05, 3.63) is 65.5 Å². The third-order valence-corrected chi connectivity index (χ3v) is 4.08. The highest BCUT2D eigenvalue weighted by molar-refractivity contribution is 6.04. The summed E-state index contributed by atoms with van der Waals surface area (Å²) >= 11 is 0. The number of amides is 1. The molecular weight excluding hydrogens is 290 g/mol. The highest BCUT2D eigenvalue weighted by atomic mass is 16.1. The first-order valence-corrected chi connectivity index (χ1v) is 7.56. The van der Waals surface area contributed by atoms with Crippen LogP contribution in [-0.2, 0) is 12.8 Å².